The second-order valence-corrected chi connectivity index (χ2v) is 14.7. The van der Waals surface area contributed by atoms with E-state index in [2.05, 4.69) is 116 Å². The predicted octanol–water partition coefficient (Wildman–Crippen LogP) is 13.6. The molecule has 0 bridgehead atoms. The van der Waals surface area contributed by atoms with Crippen LogP contribution in [-0.4, -0.2) is 11.5 Å². The number of hydrogen-bond acceptors (Lipinski definition) is 2. The molecule has 7 aromatic rings. The lowest BCUT2D eigenvalue weighted by Gasteiger charge is -2.32. The number of thiophene rings is 1. The molecule has 1 aliphatic rings. The van der Waals surface area contributed by atoms with Gasteiger partial charge in [0.25, 0.3) is 0 Å². The number of amidine groups is 1. The van der Waals surface area contributed by atoms with Crippen molar-refractivity contribution in [2.75, 3.05) is 0 Å². The SMILES string of the molecule is C=C/C=C\C=C/CC1(c2ccccc2)c2ccccc2-c2c(/C(C)=N/C(=N\C(=C)c3cc4ccccc4s3)c3ccc(-c4ccccc4)c(F)c3)cccc21. The zero-order chi connectivity index (χ0) is 37.8. The first-order valence-electron chi connectivity index (χ1n) is 18.4. The Hall–Kier alpha value is -6.49. The average molecular weight is 731 g/mol. The second-order valence-electron chi connectivity index (χ2n) is 13.6. The molecule has 4 heteroatoms. The molecule has 6 aromatic carbocycles. The summed E-state index contributed by atoms with van der Waals surface area (Å²) < 4.78 is 17.1. The van der Waals surface area contributed by atoms with Crippen LogP contribution < -0.4 is 0 Å². The van der Waals surface area contributed by atoms with Gasteiger partial charge in [-0.05, 0) is 70.3 Å². The number of aliphatic imine (C=N–C) groups is 2. The maximum atomic E-state index is 16.0. The van der Waals surface area contributed by atoms with Crippen LogP contribution in [0.15, 0.2) is 205 Å². The van der Waals surface area contributed by atoms with Gasteiger partial charge in [0, 0.05) is 32.5 Å². The molecule has 2 nitrogen and oxygen atoms in total. The molecule has 0 fully saturated rings. The predicted molar refractivity (Wildman–Crippen MR) is 233 cm³/mol. The van der Waals surface area contributed by atoms with E-state index < -0.39 is 5.41 Å². The van der Waals surface area contributed by atoms with Crippen LogP contribution in [0, 0.1) is 5.82 Å². The van der Waals surface area contributed by atoms with E-state index in [0.717, 1.165) is 43.8 Å². The normalized spacial score (nSPS) is 15.5. The summed E-state index contributed by atoms with van der Waals surface area (Å²) in [6, 6.07) is 51.1. The topological polar surface area (TPSA) is 24.7 Å². The Balaban J connectivity index is 1.29. The Morgan fingerprint density at radius 2 is 1.44 bits per heavy atom. The average Bonchev–Trinajstić information content (AvgIpc) is 3.79. The van der Waals surface area contributed by atoms with Crippen molar-refractivity contribution in [2.45, 2.75) is 18.8 Å². The maximum absolute atomic E-state index is 16.0. The van der Waals surface area contributed by atoms with Gasteiger partial charge in [-0.1, -0.05) is 177 Å². The molecule has 0 spiro atoms. The lowest BCUT2D eigenvalue weighted by Crippen LogP contribution is -2.26. The molecule has 266 valence electrons. The van der Waals surface area contributed by atoms with E-state index in [1.807, 2.05) is 73.7 Å². The smallest absolute Gasteiger partial charge is 0.160 e. The molecule has 0 saturated carbocycles. The maximum Gasteiger partial charge on any atom is 0.160 e. The molecule has 1 aromatic heterocycles. The molecule has 0 saturated heterocycles. The quantitative estimate of drug-likeness (QED) is 0.0760. The van der Waals surface area contributed by atoms with Crippen molar-refractivity contribution < 1.29 is 4.39 Å². The molecule has 0 amide bonds. The van der Waals surface area contributed by atoms with Crippen LogP contribution in [0.25, 0.3) is 38.0 Å². The molecule has 1 atom stereocenters. The molecule has 1 unspecified atom stereocenters. The first-order chi connectivity index (χ1) is 27.0. The van der Waals surface area contributed by atoms with Gasteiger partial charge in [0.1, 0.15) is 5.82 Å². The molecule has 1 aliphatic carbocycles. The number of benzene rings is 6. The highest BCUT2D eigenvalue weighted by Gasteiger charge is 2.44. The van der Waals surface area contributed by atoms with E-state index in [1.54, 1.807) is 17.4 Å². The van der Waals surface area contributed by atoms with Gasteiger partial charge in [-0.3, -0.25) is 0 Å². The summed E-state index contributed by atoms with van der Waals surface area (Å²) >= 11 is 1.63. The van der Waals surface area contributed by atoms with Gasteiger partial charge in [-0.25, -0.2) is 14.4 Å². The molecular weight excluding hydrogens is 692 g/mol. The van der Waals surface area contributed by atoms with Crippen molar-refractivity contribution in [2.24, 2.45) is 9.98 Å². The summed E-state index contributed by atoms with van der Waals surface area (Å²) in [5.74, 6) is 0.0588. The van der Waals surface area contributed by atoms with Gasteiger partial charge >= 0.3 is 0 Å². The fraction of sp³-hybridized carbons (Fsp3) is 0.0588. The lowest BCUT2D eigenvalue weighted by atomic mass is 9.70. The first kappa shape index (κ1) is 35.5. The third-order valence-electron chi connectivity index (χ3n) is 10.3. The minimum atomic E-state index is -0.426. The molecule has 8 rings (SSSR count). The van der Waals surface area contributed by atoms with E-state index in [1.165, 1.54) is 28.3 Å². The van der Waals surface area contributed by atoms with Crippen LogP contribution in [-0.2, 0) is 5.41 Å². The molecule has 1 heterocycles. The van der Waals surface area contributed by atoms with Crippen LogP contribution in [0.2, 0.25) is 0 Å². The highest BCUT2D eigenvalue weighted by molar-refractivity contribution is 7.20. The molecular formula is C51H39FN2S. The Morgan fingerprint density at radius 3 is 2.22 bits per heavy atom. The van der Waals surface area contributed by atoms with Crippen molar-refractivity contribution >= 4 is 38.7 Å². The summed E-state index contributed by atoms with van der Waals surface area (Å²) in [6.45, 7) is 10.2. The third kappa shape index (κ3) is 6.78. The van der Waals surface area contributed by atoms with Crippen LogP contribution in [0.5, 0.6) is 0 Å². The van der Waals surface area contributed by atoms with Gasteiger partial charge < -0.3 is 0 Å². The van der Waals surface area contributed by atoms with Gasteiger partial charge in [0.2, 0.25) is 0 Å². The third-order valence-corrected chi connectivity index (χ3v) is 11.5. The second kappa shape index (κ2) is 15.5. The Labute approximate surface area is 326 Å². The minimum absolute atomic E-state index is 0.338. The van der Waals surface area contributed by atoms with Crippen molar-refractivity contribution in [3.05, 3.63) is 234 Å². The fourth-order valence-corrected chi connectivity index (χ4v) is 8.72. The van der Waals surface area contributed by atoms with Gasteiger partial charge in [0.15, 0.2) is 5.84 Å². The van der Waals surface area contributed by atoms with Crippen molar-refractivity contribution in [3.8, 4) is 22.3 Å². The fourth-order valence-electron chi connectivity index (χ4n) is 7.74. The summed E-state index contributed by atoms with van der Waals surface area (Å²) in [6.07, 6.45) is 10.8. The van der Waals surface area contributed by atoms with E-state index in [-0.39, 0.29) is 5.82 Å². The van der Waals surface area contributed by atoms with Crippen molar-refractivity contribution in [1.82, 2.24) is 0 Å². The van der Waals surface area contributed by atoms with Crippen LogP contribution >= 0.6 is 11.3 Å². The van der Waals surface area contributed by atoms with Gasteiger partial charge in [-0.15, -0.1) is 11.3 Å². The van der Waals surface area contributed by atoms with Crippen molar-refractivity contribution in [3.63, 3.8) is 0 Å². The number of allylic oxidation sites excluding steroid dienone is 5. The number of hydrogen-bond donors (Lipinski definition) is 0. The van der Waals surface area contributed by atoms with E-state index in [9.17, 15) is 0 Å². The first-order valence-corrected chi connectivity index (χ1v) is 19.2. The monoisotopic (exact) mass is 730 g/mol. The Kier molecular flexibility index (Phi) is 9.99. The number of fused-ring (bicyclic) bond motifs is 4. The van der Waals surface area contributed by atoms with Crippen LogP contribution in [0.3, 0.4) is 0 Å². The largest absolute Gasteiger partial charge is 0.233 e. The van der Waals surface area contributed by atoms with E-state index >= 15 is 4.39 Å². The highest BCUT2D eigenvalue weighted by Crippen LogP contribution is 2.55. The Morgan fingerprint density at radius 1 is 0.709 bits per heavy atom. The van der Waals surface area contributed by atoms with Gasteiger partial charge in [-0.2, -0.15) is 0 Å². The van der Waals surface area contributed by atoms with Crippen molar-refractivity contribution in [1.29, 1.82) is 0 Å². The standard InChI is InChI=1S/C51H39FN2S/c1-4-5-6-7-18-32-51(40-23-12-9-13-24-40)44-27-16-15-25-43(44)49-41(26-19-28-45(49)51)35(2)53-50(54-36(3)48-34-38-22-14-17-29-47(38)55-48)39-30-31-42(46(52)33-39)37-20-10-8-11-21-37/h4-31,33-34H,1,3,32H2,2H3/b6-5-,18-7-,53-35+,54-50-. The molecule has 0 aliphatic heterocycles. The van der Waals surface area contributed by atoms with E-state index in [4.69, 9.17) is 9.98 Å². The highest BCUT2D eigenvalue weighted by atomic mass is 32.1. The summed E-state index contributed by atoms with van der Waals surface area (Å²) in [5, 5.41) is 1.13. The van der Waals surface area contributed by atoms with Crippen LogP contribution in [0.1, 0.15) is 46.0 Å². The Bertz CT molecular complexity index is 2650. The summed E-state index contributed by atoms with van der Waals surface area (Å²) in [7, 11) is 0. The van der Waals surface area contributed by atoms with Gasteiger partial charge in [0.05, 0.1) is 10.6 Å². The molecule has 55 heavy (non-hydrogen) atoms. The minimum Gasteiger partial charge on any atom is -0.233 e. The van der Waals surface area contributed by atoms with Crippen LogP contribution in [0.4, 0.5) is 4.39 Å². The number of rotatable bonds is 10. The lowest BCUT2D eigenvalue weighted by molar-refractivity contribution is 0.631. The number of halogens is 1. The van der Waals surface area contributed by atoms with E-state index in [0.29, 0.717) is 22.7 Å². The summed E-state index contributed by atoms with van der Waals surface area (Å²) in [4.78, 5) is 11.3. The number of nitrogens with zero attached hydrogens (tertiary/aromatic N) is 2. The zero-order valence-electron chi connectivity index (χ0n) is 30.6. The molecule has 0 radical (unpaired) electrons. The molecule has 0 N–H and O–H groups in total. The zero-order valence-corrected chi connectivity index (χ0v) is 31.4. The summed E-state index contributed by atoms with van der Waals surface area (Å²) in [5.41, 5.74) is 9.84.